The van der Waals surface area contributed by atoms with E-state index in [9.17, 15) is 9.18 Å². The number of nitrogens with zero attached hydrogens (tertiary/aromatic N) is 5. The second-order valence-corrected chi connectivity index (χ2v) is 7.85. The highest BCUT2D eigenvalue weighted by atomic mass is 32.1. The van der Waals surface area contributed by atoms with Gasteiger partial charge in [0.15, 0.2) is 16.7 Å². The van der Waals surface area contributed by atoms with Crippen LogP contribution in [-0.2, 0) is 13.1 Å². The van der Waals surface area contributed by atoms with Crippen molar-refractivity contribution < 1.29 is 9.18 Å². The van der Waals surface area contributed by atoms with Gasteiger partial charge in [-0.1, -0.05) is 6.07 Å². The predicted molar refractivity (Wildman–Crippen MR) is 105 cm³/mol. The third kappa shape index (κ3) is 2.86. The first-order chi connectivity index (χ1) is 13.6. The van der Waals surface area contributed by atoms with Crippen molar-refractivity contribution in [1.82, 2.24) is 24.6 Å². The lowest BCUT2D eigenvalue weighted by Crippen LogP contribution is -2.38. The lowest BCUT2D eigenvalue weighted by atomic mass is 10.2. The van der Waals surface area contributed by atoms with Gasteiger partial charge in [-0.25, -0.2) is 9.37 Å². The van der Waals surface area contributed by atoms with Crippen molar-refractivity contribution in [3.63, 3.8) is 0 Å². The quantitative estimate of drug-likeness (QED) is 0.521. The Morgan fingerprint density at radius 1 is 1.11 bits per heavy atom. The normalized spacial score (nSPS) is 13.7. The van der Waals surface area contributed by atoms with Crippen molar-refractivity contribution >= 4 is 27.5 Å². The molecule has 0 fully saturated rings. The van der Waals surface area contributed by atoms with Gasteiger partial charge in [-0.2, -0.15) is 0 Å². The Balaban J connectivity index is 1.43. The van der Waals surface area contributed by atoms with E-state index in [1.165, 1.54) is 29.8 Å². The van der Waals surface area contributed by atoms with Gasteiger partial charge in [0.1, 0.15) is 5.82 Å². The minimum Gasteiger partial charge on any atom is -0.329 e. The second-order valence-electron chi connectivity index (χ2n) is 6.82. The zero-order valence-electron chi connectivity index (χ0n) is 15.1. The maximum absolute atomic E-state index is 13.1. The van der Waals surface area contributed by atoms with Gasteiger partial charge >= 0.3 is 0 Å². The highest BCUT2D eigenvalue weighted by molar-refractivity contribution is 7.21. The Kier molecular flexibility index (Phi) is 3.94. The summed E-state index contributed by atoms with van der Waals surface area (Å²) in [6.07, 6.45) is 0. The zero-order valence-corrected chi connectivity index (χ0v) is 15.9. The Bertz CT molecular complexity index is 1200. The molecule has 0 unspecified atom stereocenters. The maximum atomic E-state index is 13.1. The number of carbonyl (C=O) groups is 1. The molecule has 0 saturated carbocycles. The van der Waals surface area contributed by atoms with E-state index < -0.39 is 0 Å². The summed E-state index contributed by atoms with van der Waals surface area (Å²) in [4.78, 5) is 19.1. The number of halogens is 1. The minimum absolute atomic E-state index is 0.133. The van der Waals surface area contributed by atoms with Crippen molar-refractivity contribution in [1.29, 1.82) is 0 Å². The molecule has 6 nitrogen and oxygen atoms in total. The van der Waals surface area contributed by atoms with Gasteiger partial charge in [-0.05, 0) is 48.9 Å². The van der Waals surface area contributed by atoms with E-state index in [1.807, 2.05) is 16.7 Å². The molecule has 0 spiro atoms. The SMILES string of the molecule is Cc1ccc2nc(-c3nnc4n3CCN(C(=O)c3ccc(F)cc3)C4)sc2c1. The van der Waals surface area contributed by atoms with Crippen LogP contribution in [0.2, 0.25) is 0 Å². The van der Waals surface area contributed by atoms with E-state index in [4.69, 9.17) is 4.98 Å². The van der Waals surface area contributed by atoms with E-state index in [1.54, 1.807) is 16.2 Å². The number of amides is 1. The van der Waals surface area contributed by atoms with Crippen molar-refractivity contribution in [2.45, 2.75) is 20.0 Å². The lowest BCUT2D eigenvalue weighted by molar-refractivity contribution is 0.0708. The second kappa shape index (κ2) is 6.49. The van der Waals surface area contributed by atoms with Crippen LogP contribution in [0, 0.1) is 12.7 Å². The summed E-state index contributed by atoms with van der Waals surface area (Å²) < 4.78 is 16.2. The molecule has 5 rings (SSSR count). The summed E-state index contributed by atoms with van der Waals surface area (Å²) in [6, 6.07) is 11.8. The molecule has 0 bridgehead atoms. The first kappa shape index (κ1) is 17.0. The van der Waals surface area contributed by atoms with Crippen LogP contribution in [0.25, 0.3) is 21.0 Å². The molecular formula is C20H16FN5OS. The first-order valence-electron chi connectivity index (χ1n) is 8.93. The van der Waals surface area contributed by atoms with Gasteiger partial charge in [0, 0.05) is 18.7 Å². The molecule has 140 valence electrons. The molecule has 3 heterocycles. The Morgan fingerprint density at radius 3 is 2.75 bits per heavy atom. The van der Waals surface area contributed by atoms with Crippen LogP contribution in [0.5, 0.6) is 0 Å². The number of thiazole rings is 1. The summed E-state index contributed by atoms with van der Waals surface area (Å²) in [5, 5.41) is 9.46. The molecule has 1 aliphatic heterocycles. The van der Waals surface area contributed by atoms with E-state index in [0.29, 0.717) is 25.2 Å². The Hall–Kier alpha value is -3.13. The van der Waals surface area contributed by atoms with Gasteiger partial charge in [0.25, 0.3) is 5.91 Å². The summed E-state index contributed by atoms with van der Waals surface area (Å²) in [7, 11) is 0. The summed E-state index contributed by atoms with van der Waals surface area (Å²) in [5.74, 6) is 0.978. The van der Waals surface area contributed by atoms with E-state index >= 15 is 0 Å². The molecule has 1 aliphatic rings. The van der Waals surface area contributed by atoms with Gasteiger partial charge < -0.3 is 9.47 Å². The predicted octanol–water partition coefficient (Wildman–Crippen LogP) is 3.66. The Labute approximate surface area is 164 Å². The number of carbonyl (C=O) groups excluding carboxylic acids is 1. The average molecular weight is 393 g/mol. The molecule has 0 saturated heterocycles. The largest absolute Gasteiger partial charge is 0.329 e. The zero-order chi connectivity index (χ0) is 19.3. The highest BCUT2D eigenvalue weighted by Gasteiger charge is 2.26. The van der Waals surface area contributed by atoms with Gasteiger partial charge in [0.2, 0.25) is 0 Å². The highest BCUT2D eigenvalue weighted by Crippen LogP contribution is 2.31. The fourth-order valence-corrected chi connectivity index (χ4v) is 4.45. The summed E-state index contributed by atoms with van der Waals surface area (Å²) in [6.45, 7) is 3.56. The number of rotatable bonds is 2. The van der Waals surface area contributed by atoms with Gasteiger partial charge in [0.05, 0.1) is 16.8 Å². The number of fused-ring (bicyclic) bond motifs is 2. The molecule has 28 heavy (non-hydrogen) atoms. The van der Waals surface area contributed by atoms with Gasteiger partial charge in [-0.15, -0.1) is 21.5 Å². The average Bonchev–Trinajstić information content (AvgIpc) is 3.30. The van der Waals surface area contributed by atoms with Crippen LogP contribution in [0.3, 0.4) is 0 Å². The van der Waals surface area contributed by atoms with Crippen LogP contribution >= 0.6 is 11.3 Å². The minimum atomic E-state index is -0.356. The molecule has 4 aromatic rings. The summed E-state index contributed by atoms with van der Waals surface area (Å²) in [5.41, 5.74) is 2.61. The van der Waals surface area contributed by atoms with Crippen molar-refractivity contribution in [3.05, 3.63) is 65.2 Å². The molecular weight excluding hydrogens is 377 g/mol. The molecule has 8 heteroatoms. The van der Waals surface area contributed by atoms with E-state index in [2.05, 4.69) is 23.2 Å². The number of aromatic nitrogens is 4. The van der Waals surface area contributed by atoms with E-state index in [0.717, 1.165) is 26.9 Å². The number of hydrogen-bond acceptors (Lipinski definition) is 5. The molecule has 0 N–H and O–H groups in total. The van der Waals surface area contributed by atoms with Gasteiger partial charge in [-0.3, -0.25) is 4.79 Å². The molecule has 0 atom stereocenters. The molecule has 0 aliphatic carbocycles. The third-order valence-electron chi connectivity index (χ3n) is 4.87. The molecule has 2 aromatic carbocycles. The fraction of sp³-hybridized carbons (Fsp3) is 0.200. The van der Waals surface area contributed by atoms with Crippen LogP contribution < -0.4 is 0 Å². The van der Waals surface area contributed by atoms with Crippen molar-refractivity contribution in [2.75, 3.05) is 6.54 Å². The first-order valence-corrected chi connectivity index (χ1v) is 9.74. The topological polar surface area (TPSA) is 63.9 Å². The van der Waals surface area contributed by atoms with Crippen molar-refractivity contribution in [3.8, 4) is 10.8 Å². The molecule has 1 amide bonds. The van der Waals surface area contributed by atoms with E-state index in [-0.39, 0.29) is 11.7 Å². The van der Waals surface area contributed by atoms with Crippen LogP contribution in [0.4, 0.5) is 4.39 Å². The number of hydrogen-bond donors (Lipinski definition) is 0. The molecule has 0 radical (unpaired) electrons. The molecule has 2 aromatic heterocycles. The lowest BCUT2D eigenvalue weighted by Gasteiger charge is -2.27. The van der Waals surface area contributed by atoms with Crippen molar-refractivity contribution in [2.24, 2.45) is 0 Å². The smallest absolute Gasteiger partial charge is 0.254 e. The fourth-order valence-electron chi connectivity index (χ4n) is 3.39. The standard InChI is InChI=1S/C20H16FN5OS/c1-12-2-7-15-16(10-12)28-19(22-15)18-24-23-17-11-25(8-9-26(17)18)20(27)13-3-5-14(21)6-4-13/h2-7,10H,8-9,11H2,1H3. The maximum Gasteiger partial charge on any atom is 0.254 e. The third-order valence-corrected chi connectivity index (χ3v) is 5.88. The number of aryl methyl sites for hydroxylation is 1. The summed E-state index contributed by atoms with van der Waals surface area (Å²) >= 11 is 1.60. The number of benzene rings is 2. The van der Waals surface area contributed by atoms with Crippen LogP contribution in [-0.4, -0.2) is 37.1 Å². The van der Waals surface area contributed by atoms with Crippen LogP contribution in [0.15, 0.2) is 42.5 Å². The van der Waals surface area contributed by atoms with Crippen LogP contribution in [0.1, 0.15) is 21.7 Å². The monoisotopic (exact) mass is 393 g/mol. The Morgan fingerprint density at radius 2 is 1.93 bits per heavy atom.